The van der Waals surface area contributed by atoms with E-state index >= 15 is 0 Å². The van der Waals surface area contributed by atoms with Crippen LogP contribution >= 0.6 is 0 Å². The van der Waals surface area contributed by atoms with Crippen LogP contribution in [-0.4, -0.2) is 54.0 Å². The molecule has 1 aromatic heterocycles. The molecule has 0 radical (unpaired) electrons. The van der Waals surface area contributed by atoms with Crippen LogP contribution in [0.4, 0.5) is 13.2 Å². The second-order valence-electron chi connectivity index (χ2n) is 8.14. The molecule has 9 heteroatoms. The number of alkyl halides is 3. The molecule has 1 atom stereocenters. The van der Waals surface area contributed by atoms with Crippen molar-refractivity contribution in [3.63, 3.8) is 0 Å². The number of rotatable bonds is 10. The summed E-state index contributed by atoms with van der Waals surface area (Å²) in [5.74, 6) is -0.116. The average molecular weight is 467 g/mol. The van der Waals surface area contributed by atoms with Crippen LogP contribution in [0, 0.1) is 0 Å². The Kier molecular flexibility index (Phi) is 8.55. The van der Waals surface area contributed by atoms with Crippen molar-refractivity contribution in [2.75, 3.05) is 26.2 Å². The Bertz CT molecular complexity index is 891. The fourth-order valence-corrected chi connectivity index (χ4v) is 3.73. The molecule has 0 aliphatic carbocycles. The molecular weight excluding hydrogens is 437 g/mol. The predicted octanol–water partition coefficient (Wildman–Crippen LogP) is 4.75. The largest absolute Gasteiger partial charge is 0.467 e. The number of amides is 2. The molecule has 2 heterocycles. The summed E-state index contributed by atoms with van der Waals surface area (Å²) in [6.45, 7) is 3.41. The van der Waals surface area contributed by atoms with E-state index in [-0.39, 0.29) is 30.7 Å². The number of halogens is 3. The molecule has 0 spiro atoms. The van der Waals surface area contributed by atoms with E-state index in [9.17, 15) is 22.8 Å². The molecule has 2 aromatic rings. The van der Waals surface area contributed by atoms with Gasteiger partial charge in [-0.25, -0.2) is 0 Å². The summed E-state index contributed by atoms with van der Waals surface area (Å²) in [5.41, 5.74) is -0.708. The summed E-state index contributed by atoms with van der Waals surface area (Å²) >= 11 is 0. The zero-order valence-corrected chi connectivity index (χ0v) is 18.6. The van der Waals surface area contributed by atoms with E-state index in [0.717, 1.165) is 43.5 Å². The number of ether oxygens (including phenoxy) is 1. The van der Waals surface area contributed by atoms with E-state index < -0.39 is 17.6 Å². The number of hydrogen-bond donors (Lipinski definition) is 0. The maximum Gasteiger partial charge on any atom is 0.416 e. The van der Waals surface area contributed by atoms with Gasteiger partial charge < -0.3 is 19.0 Å². The molecule has 1 aromatic carbocycles. The van der Waals surface area contributed by atoms with Crippen LogP contribution in [0.15, 0.2) is 47.1 Å². The van der Waals surface area contributed by atoms with Crippen LogP contribution in [0.3, 0.4) is 0 Å². The van der Waals surface area contributed by atoms with Crippen LogP contribution in [0.25, 0.3) is 0 Å². The lowest BCUT2D eigenvalue weighted by atomic mass is 10.1. The van der Waals surface area contributed by atoms with Crippen molar-refractivity contribution in [2.45, 2.75) is 51.4 Å². The fraction of sp³-hybridized carbons (Fsp3) is 0.500. The molecule has 1 unspecified atom stereocenters. The summed E-state index contributed by atoms with van der Waals surface area (Å²) in [6.07, 6.45) is 0.244. The van der Waals surface area contributed by atoms with Gasteiger partial charge in [0.1, 0.15) is 12.3 Å². The highest BCUT2D eigenvalue weighted by Gasteiger charge is 2.31. The van der Waals surface area contributed by atoms with Gasteiger partial charge in [-0.1, -0.05) is 13.3 Å². The molecule has 1 saturated heterocycles. The summed E-state index contributed by atoms with van der Waals surface area (Å²) in [7, 11) is 0. The molecule has 180 valence electrons. The van der Waals surface area contributed by atoms with E-state index in [2.05, 4.69) is 0 Å². The van der Waals surface area contributed by atoms with E-state index in [1.165, 1.54) is 11.2 Å². The topological polar surface area (TPSA) is 63.0 Å². The Hall–Kier alpha value is -2.81. The summed E-state index contributed by atoms with van der Waals surface area (Å²) in [4.78, 5) is 29.3. The molecule has 0 bridgehead atoms. The highest BCUT2D eigenvalue weighted by atomic mass is 19.4. The van der Waals surface area contributed by atoms with Gasteiger partial charge in [-0.15, -0.1) is 0 Å². The molecule has 1 fully saturated rings. The molecule has 3 rings (SSSR count). The Morgan fingerprint density at radius 1 is 1.12 bits per heavy atom. The SMILES string of the molecule is CCCCN(CC(=O)N(Cc1ccco1)CC1CCCO1)C(=O)c1ccc(C(F)(F)F)cc1. The van der Waals surface area contributed by atoms with Crippen molar-refractivity contribution in [3.05, 3.63) is 59.5 Å². The van der Waals surface area contributed by atoms with Crippen molar-refractivity contribution in [1.82, 2.24) is 9.80 Å². The Labute approximate surface area is 191 Å². The maximum absolute atomic E-state index is 13.2. The number of furan rings is 1. The number of nitrogens with zero attached hydrogens (tertiary/aromatic N) is 2. The lowest BCUT2D eigenvalue weighted by Crippen LogP contribution is -2.45. The number of unbranched alkanes of at least 4 members (excludes halogenated alkanes) is 1. The Balaban J connectivity index is 1.74. The first-order chi connectivity index (χ1) is 15.8. The molecule has 33 heavy (non-hydrogen) atoms. The minimum atomic E-state index is -4.48. The first kappa shape index (κ1) is 24.8. The molecule has 0 saturated carbocycles. The molecule has 1 aliphatic heterocycles. The highest BCUT2D eigenvalue weighted by molar-refractivity contribution is 5.96. The fourth-order valence-electron chi connectivity index (χ4n) is 3.73. The minimum absolute atomic E-state index is 0.0707. The van der Waals surface area contributed by atoms with Crippen LogP contribution in [0.2, 0.25) is 0 Å². The Morgan fingerprint density at radius 2 is 1.88 bits per heavy atom. The molecule has 1 aliphatic rings. The second kappa shape index (κ2) is 11.4. The normalized spacial score (nSPS) is 16.1. The lowest BCUT2D eigenvalue weighted by Gasteiger charge is -2.29. The van der Waals surface area contributed by atoms with E-state index in [4.69, 9.17) is 9.15 Å². The second-order valence-corrected chi connectivity index (χ2v) is 8.14. The summed E-state index contributed by atoms with van der Waals surface area (Å²) in [6, 6.07) is 7.59. The van der Waals surface area contributed by atoms with Crippen molar-refractivity contribution in [1.29, 1.82) is 0 Å². The van der Waals surface area contributed by atoms with Crippen LogP contribution in [-0.2, 0) is 22.3 Å². The average Bonchev–Trinajstić information content (AvgIpc) is 3.49. The van der Waals surface area contributed by atoms with Gasteiger partial charge in [0, 0.05) is 25.3 Å². The smallest absolute Gasteiger partial charge is 0.416 e. The van der Waals surface area contributed by atoms with E-state index in [0.29, 0.717) is 31.9 Å². The van der Waals surface area contributed by atoms with Crippen molar-refractivity contribution >= 4 is 11.8 Å². The number of hydrogen-bond acceptors (Lipinski definition) is 4. The van der Waals surface area contributed by atoms with Crippen molar-refractivity contribution in [3.8, 4) is 0 Å². The van der Waals surface area contributed by atoms with Gasteiger partial charge in [0.15, 0.2) is 0 Å². The predicted molar refractivity (Wildman–Crippen MR) is 115 cm³/mol. The summed E-state index contributed by atoms with van der Waals surface area (Å²) < 4.78 is 49.7. The van der Waals surface area contributed by atoms with Crippen LogP contribution in [0.5, 0.6) is 0 Å². The third-order valence-corrected chi connectivity index (χ3v) is 5.58. The third kappa shape index (κ3) is 7.08. The minimum Gasteiger partial charge on any atom is -0.467 e. The lowest BCUT2D eigenvalue weighted by molar-refractivity contribution is -0.137. The van der Waals surface area contributed by atoms with Gasteiger partial charge in [-0.3, -0.25) is 9.59 Å². The van der Waals surface area contributed by atoms with Crippen LogP contribution in [0.1, 0.15) is 54.3 Å². The van der Waals surface area contributed by atoms with Crippen molar-refractivity contribution < 1.29 is 31.9 Å². The van der Waals surface area contributed by atoms with Gasteiger partial charge in [-0.2, -0.15) is 13.2 Å². The van der Waals surface area contributed by atoms with E-state index in [1.807, 2.05) is 6.92 Å². The monoisotopic (exact) mass is 466 g/mol. The number of benzene rings is 1. The van der Waals surface area contributed by atoms with Crippen LogP contribution < -0.4 is 0 Å². The van der Waals surface area contributed by atoms with E-state index in [1.54, 1.807) is 17.0 Å². The Morgan fingerprint density at radius 3 is 2.45 bits per heavy atom. The zero-order valence-electron chi connectivity index (χ0n) is 18.6. The van der Waals surface area contributed by atoms with Gasteiger partial charge in [0.05, 0.1) is 24.5 Å². The molecular formula is C24H29F3N2O4. The number of carbonyl (C=O) groups is 2. The highest BCUT2D eigenvalue weighted by Crippen LogP contribution is 2.29. The first-order valence-corrected chi connectivity index (χ1v) is 11.2. The van der Waals surface area contributed by atoms with Gasteiger partial charge in [-0.05, 0) is 55.7 Å². The zero-order chi connectivity index (χ0) is 23.8. The first-order valence-electron chi connectivity index (χ1n) is 11.2. The summed E-state index contributed by atoms with van der Waals surface area (Å²) in [5, 5.41) is 0. The quantitative estimate of drug-likeness (QED) is 0.507. The molecule has 0 N–H and O–H groups in total. The van der Waals surface area contributed by atoms with Gasteiger partial charge in [0.2, 0.25) is 5.91 Å². The molecule has 6 nitrogen and oxygen atoms in total. The third-order valence-electron chi connectivity index (χ3n) is 5.58. The standard InChI is InChI=1S/C24H29F3N2O4/c1-2-3-12-28(23(31)18-8-10-19(11-9-18)24(25,26)27)17-22(30)29(15-20-6-4-13-32-20)16-21-7-5-14-33-21/h4,6,8-11,13,21H,2-3,5,7,12,14-17H2,1H3. The number of carbonyl (C=O) groups excluding carboxylic acids is 2. The molecule has 2 amide bonds. The van der Waals surface area contributed by atoms with Gasteiger partial charge in [0.25, 0.3) is 5.91 Å². The van der Waals surface area contributed by atoms with Crippen molar-refractivity contribution in [2.24, 2.45) is 0 Å². The maximum atomic E-state index is 13.2. The van der Waals surface area contributed by atoms with Gasteiger partial charge >= 0.3 is 6.18 Å².